The number of carbonyl (C=O) groups excluding carboxylic acids is 1. The van der Waals surface area contributed by atoms with Gasteiger partial charge in [0.25, 0.3) is 5.91 Å². The van der Waals surface area contributed by atoms with Crippen LogP contribution in [0.4, 0.5) is 5.82 Å². The number of hydrogen-bond donors (Lipinski definition) is 0. The van der Waals surface area contributed by atoms with Crippen LogP contribution in [0.3, 0.4) is 0 Å². The van der Waals surface area contributed by atoms with Crippen LogP contribution < -0.4 is 4.90 Å². The molecule has 0 fully saturated rings. The molecule has 0 aliphatic heterocycles. The summed E-state index contributed by atoms with van der Waals surface area (Å²) in [5.41, 5.74) is 0.340. The predicted octanol–water partition coefficient (Wildman–Crippen LogP) is 4.32. The number of pyridine rings is 2. The van der Waals surface area contributed by atoms with Gasteiger partial charge in [0.05, 0.1) is 5.56 Å². The molecule has 20 heavy (non-hydrogen) atoms. The first-order chi connectivity index (χ1) is 9.52. The first kappa shape index (κ1) is 15.4. The molecule has 0 radical (unpaired) electrons. The van der Waals surface area contributed by atoms with Gasteiger partial charge in [0, 0.05) is 27.9 Å². The molecular formula is C13H10Br2ClN3O. The summed E-state index contributed by atoms with van der Waals surface area (Å²) in [5, 5.41) is 0.175. The van der Waals surface area contributed by atoms with E-state index in [0.29, 0.717) is 22.4 Å². The molecule has 2 heterocycles. The Balaban J connectivity index is 2.38. The fourth-order valence-corrected chi connectivity index (χ4v) is 2.41. The molecule has 104 valence electrons. The van der Waals surface area contributed by atoms with E-state index in [1.807, 2.05) is 13.0 Å². The van der Waals surface area contributed by atoms with Gasteiger partial charge in [-0.1, -0.05) is 11.6 Å². The molecule has 4 nitrogen and oxygen atoms in total. The van der Waals surface area contributed by atoms with Crippen molar-refractivity contribution in [3.8, 4) is 0 Å². The van der Waals surface area contributed by atoms with Crippen LogP contribution in [-0.2, 0) is 0 Å². The summed E-state index contributed by atoms with van der Waals surface area (Å²) in [4.78, 5) is 22.3. The first-order valence-electron chi connectivity index (χ1n) is 5.77. The van der Waals surface area contributed by atoms with Crippen LogP contribution in [0.25, 0.3) is 0 Å². The Morgan fingerprint density at radius 3 is 2.55 bits per heavy atom. The van der Waals surface area contributed by atoms with Crippen molar-refractivity contribution in [2.75, 3.05) is 11.4 Å². The van der Waals surface area contributed by atoms with Gasteiger partial charge in [0.15, 0.2) is 0 Å². The monoisotopic (exact) mass is 417 g/mol. The highest BCUT2D eigenvalue weighted by Crippen LogP contribution is 2.22. The largest absolute Gasteiger partial charge is 0.293 e. The lowest BCUT2D eigenvalue weighted by molar-refractivity contribution is 0.0987. The number of rotatable bonds is 3. The number of carbonyl (C=O) groups is 1. The molecule has 2 aromatic heterocycles. The van der Waals surface area contributed by atoms with Crippen molar-refractivity contribution in [1.29, 1.82) is 0 Å². The molecule has 0 unspecified atom stereocenters. The zero-order chi connectivity index (χ0) is 14.7. The number of halogens is 3. The molecule has 0 aliphatic rings. The summed E-state index contributed by atoms with van der Waals surface area (Å²) in [5.74, 6) is 0.331. The molecule has 0 spiro atoms. The smallest absolute Gasteiger partial charge is 0.262 e. The highest BCUT2D eigenvalue weighted by atomic mass is 79.9. The minimum atomic E-state index is -0.235. The lowest BCUT2D eigenvalue weighted by Gasteiger charge is -2.20. The van der Waals surface area contributed by atoms with E-state index in [9.17, 15) is 4.79 Å². The average Bonchev–Trinajstić information content (AvgIpc) is 2.44. The molecule has 0 saturated heterocycles. The van der Waals surface area contributed by atoms with Crippen LogP contribution in [0, 0.1) is 0 Å². The first-order valence-corrected chi connectivity index (χ1v) is 7.73. The lowest BCUT2D eigenvalue weighted by Crippen LogP contribution is -2.31. The maximum absolute atomic E-state index is 12.6. The Morgan fingerprint density at radius 2 is 1.95 bits per heavy atom. The Labute approximate surface area is 138 Å². The van der Waals surface area contributed by atoms with Crippen LogP contribution in [0.1, 0.15) is 17.3 Å². The molecule has 0 bridgehead atoms. The van der Waals surface area contributed by atoms with Gasteiger partial charge in [0.1, 0.15) is 11.0 Å². The zero-order valence-corrected chi connectivity index (χ0v) is 14.4. The fourth-order valence-electron chi connectivity index (χ4n) is 1.66. The van der Waals surface area contributed by atoms with Gasteiger partial charge in [-0.2, -0.15) is 0 Å². The third-order valence-electron chi connectivity index (χ3n) is 2.59. The van der Waals surface area contributed by atoms with Gasteiger partial charge in [-0.25, -0.2) is 9.97 Å². The predicted molar refractivity (Wildman–Crippen MR) is 86.2 cm³/mol. The maximum Gasteiger partial charge on any atom is 0.262 e. The van der Waals surface area contributed by atoms with E-state index in [1.54, 1.807) is 29.4 Å². The quantitative estimate of drug-likeness (QED) is 0.696. The highest BCUT2D eigenvalue weighted by molar-refractivity contribution is 9.10. The van der Waals surface area contributed by atoms with Gasteiger partial charge in [-0.05, 0) is 57.0 Å². The van der Waals surface area contributed by atoms with Crippen molar-refractivity contribution < 1.29 is 4.79 Å². The normalized spacial score (nSPS) is 10.4. The van der Waals surface area contributed by atoms with E-state index in [1.165, 1.54) is 0 Å². The van der Waals surface area contributed by atoms with Crippen molar-refractivity contribution >= 4 is 55.2 Å². The minimum Gasteiger partial charge on any atom is -0.293 e. The van der Waals surface area contributed by atoms with Crippen molar-refractivity contribution in [3.05, 3.63) is 50.3 Å². The topological polar surface area (TPSA) is 46.1 Å². The van der Waals surface area contributed by atoms with E-state index < -0.39 is 0 Å². The summed E-state index contributed by atoms with van der Waals surface area (Å²) in [6, 6.07) is 5.25. The van der Waals surface area contributed by atoms with Gasteiger partial charge >= 0.3 is 0 Å². The Morgan fingerprint density at radius 1 is 1.25 bits per heavy atom. The Hall–Kier alpha value is -0.980. The highest BCUT2D eigenvalue weighted by Gasteiger charge is 2.20. The van der Waals surface area contributed by atoms with Crippen molar-refractivity contribution in [1.82, 2.24) is 9.97 Å². The summed E-state index contributed by atoms with van der Waals surface area (Å²) in [7, 11) is 0. The van der Waals surface area contributed by atoms with Gasteiger partial charge in [-0.3, -0.25) is 9.69 Å². The van der Waals surface area contributed by atoms with Crippen LogP contribution in [0.5, 0.6) is 0 Å². The third kappa shape index (κ3) is 3.37. The molecular weight excluding hydrogens is 409 g/mol. The van der Waals surface area contributed by atoms with E-state index in [-0.39, 0.29) is 11.1 Å². The number of hydrogen-bond acceptors (Lipinski definition) is 3. The molecule has 2 rings (SSSR count). The average molecular weight is 420 g/mol. The summed E-state index contributed by atoms with van der Waals surface area (Å²) in [6.45, 7) is 2.36. The second kappa shape index (κ2) is 6.65. The van der Waals surface area contributed by atoms with E-state index >= 15 is 0 Å². The second-order valence-electron chi connectivity index (χ2n) is 3.88. The summed E-state index contributed by atoms with van der Waals surface area (Å²) < 4.78 is 1.55. The van der Waals surface area contributed by atoms with Gasteiger partial charge in [0.2, 0.25) is 0 Å². The Bertz CT molecular complexity index is 634. The molecule has 1 amide bonds. The van der Waals surface area contributed by atoms with E-state index in [0.717, 1.165) is 4.47 Å². The standard InChI is InChI=1S/C13H10Br2ClN3O/c1-2-19(11-4-3-8(14)6-17-11)13(20)10-5-9(15)7-18-12(10)16/h3-7H,2H2,1H3. The molecule has 0 aromatic carbocycles. The van der Waals surface area contributed by atoms with E-state index in [2.05, 4.69) is 41.8 Å². The maximum atomic E-state index is 12.6. The minimum absolute atomic E-state index is 0.175. The van der Waals surface area contributed by atoms with Crippen LogP contribution in [0.2, 0.25) is 5.15 Å². The molecule has 0 aliphatic carbocycles. The van der Waals surface area contributed by atoms with Crippen molar-refractivity contribution in [2.24, 2.45) is 0 Å². The molecule has 0 saturated carbocycles. The van der Waals surface area contributed by atoms with Crippen molar-refractivity contribution in [2.45, 2.75) is 6.92 Å². The zero-order valence-electron chi connectivity index (χ0n) is 10.5. The fraction of sp³-hybridized carbons (Fsp3) is 0.154. The van der Waals surface area contributed by atoms with Crippen LogP contribution >= 0.6 is 43.5 Å². The number of anilines is 1. The summed E-state index contributed by atoms with van der Waals surface area (Å²) >= 11 is 12.6. The Kier molecular flexibility index (Phi) is 5.12. The van der Waals surface area contributed by atoms with Gasteiger partial charge in [-0.15, -0.1) is 0 Å². The van der Waals surface area contributed by atoms with Crippen molar-refractivity contribution in [3.63, 3.8) is 0 Å². The van der Waals surface area contributed by atoms with Gasteiger partial charge < -0.3 is 0 Å². The summed E-state index contributed by atoms with van der Waals surface area (Å²) in [6.07, 6.45) is 3.19. The molecule has 0 N–H and O–H groups in total. The molecule has 7 heteroatoms. The van der Waals surface area contributed by atoms with Crippen LogP contribution in [0.15, 0.2) is 39.5 Å². The van der Waals surface area contributed by atoms with E-state index in [4.69, 9.17) is 11.6 Å². The second-order valence-corrected chi connectivity index (χ2v) is 6.07. The number of aromatic nitrogens is 2. The lowest BCUT2D eigenvalue weighted by atomic mass is 10.2. The van der Waals surface area contributed by atoms with Crippen LogP contribution in [-0.4, -0.2) is 22.4 Å². The number of nitrogens with zero attached hydrogens (tertiary/aromatic N) is 3. The third-order valence-corrected chi connectivity index (χ3v) is 3.79. The molecule has 0 atom stereocenters. The number of amides is 1. The SMILES string of the molecule is CCN(C(=O)c1cc(Br)cnc1Cl)c1ccc(Br)cn1. The molecule has 2 aromatic rings.